The molecule has 0 aromatic carbocycles. The number of nitrogens with zero attached hydrogens (tertiary/aromatic N) is 3. The Hall–Kier alpha value is -2.08. The summed E-state index contributed by atoms with van der Waals surface area (Å²) in [4.78, 5) is 17.2. The van der Waals surface area contributed by atoms with E-state index in [0.29, 0.717) is 5.56 Å². The molecule has 0 fully saturated rings. The molecule has 0 radical (unpaired) electrons. The lowest BCUT2D eigenvalue weighted by Gasteiger charge is -2.15. The van der Waals surface area contributed by atoms with Gasteiger partial charge < -0.3 is 9.72 Å². The second kappa shape index (κ2) is 6.58. The predicted molar refractivity (Wildman–Crippen MR) is 79.9 cm³/mol. The number of nitrogens with one attached hydrogen (secondary N) is 1. The minimum Gasteiger partial charge on any atom is -0.465 e. The highest BCUT2D eigenvalue weighted by Crippen LogP contribution is 2.15. The van der Waals surface area contributed by atoms with Crippen LogP contribution < -0.4 is 0 Å². The van der Waals surface area contributed by atoms with Gasteiger partial charge in [-0.05, 0) is 25.6 Å². The van der Waals surface area contributed by atoms with Crippen LogP contribution in [0.4, 0.5) is 0 Å². The molecule has 0 saturated carbocycles. The van der Waals surface area contributed by atoms with Crippen LogP contribution in [0.1, 0.15) is 34.4 Å². The zero-order valence-corrected chi connectivity index (χ0v) is 13.0. The Morgan fingerprint density at radius 3 is 2.81 bits per heavy atom. The zero-order valence-electron chi connectivity index (χ0n) is 13.0. The first-order valence-electron chi connectivity index (χ1n) is 6.99. The Morgan fingerprint density at radius 2 is 2.24 bits per heavy atom. The lowest BCUT2D eigenvalue weighted by molar-refractivity contribution is 0.0599. The number of carbonyl (C=O) groups excluding carboxylic acids is 1. The smallest absolute Gasteiger partial charge is 0.339 e. The van der Waals surface area contributed by atoms with Gasteiger partial charge in [-0.3, -0.25) is 9.58 Å². The van der Waals surface area contributed by atoms with Crippen LogP contribution in [0, 0.1) is 0 Å². The van der Waals surface area contributed by atoms with Gasteiger partial charge in [0.15, 0.2) is 0 Å². The summed E-state index contributed by atoms with van der Waals surface area (Å²) >= 11 is 0. The Bertz CT molecular complexity index is 615. The van der Waals surface area contributed by atoms with Crippen LogP contribution in [0.5, 0.6) is 0 Å². The van der Waals surface area contributed by atoms with Gasteiger partial charge in [-0.2, -0.15) is 5.10 Å². The molecule has 0 saturated heterocycles. The molecule has 0 unspecified atom stereocenters. The van der Waals surface area contributed by atoms with E-state index >= 15 is 0 Å². The normalized spacial score (nSPS) is 11.1. The standard InChI is InChI=1S/C15H22N4O2/c1-5-14-13(15(20)21-4)8-11(17-14)9-18(2)10-12-6-7-16-19(12)3/h6-8,17H,5,9-10H2,1-4H3. The van der Waals surface area contributed by atoms with Gasteiger partial charge in [-0.1, -0.05) is 6.92 Å². The molecule has 2 aromatic heterocycles. The Kier molecular flexibility index (Phi) is 4.80. The van der Waals surface area contributed by atoms with Gasteiger partial charge in [-0.15, -0.1) is 0 Å². The van der Waals surface area contributed by atoms with Crippen LogP contribution in [-0.4, -0.2) is 39.8 Å². The van der Waals surface area contributed by atoms with Crippen molar-refractivity contribution in [1.82, 2.24) is 19.7 Å². The molecule has 6 nitrogen and oxygen atoms in total. The van der Waals surface area contributed by atoms with Crippen molar-refractivity contribution >= 4 is 5.97 Å². The van der Waals surface area contributed by atoms with E-state index < -0.39 is 0 Å². The third-order valence-corrected chi connectivity index (χ3v) is 3.51. The number of aromatic nitrogens is 3. The van der Waals surface area contributed by atoms with Crippen molar-refractivity contribution in [1.29, 1.82) is 0 Å². The van der Waals surface area contributed by atoms with E-state index in [1.54, 1.807) is 6.20 Å². The summed E-state index contributed by atoms with van der Waals surface area (Å²) in [6, 6.07) is 3.88. The maximum atomic E-state index is 11.7. The van der Waals surface area contributed by atoms with Crippen LogP contribution in [0.3, 0.4) is 0 Å². The summed E-state index contributed by atoms with van der Waals surface area (Å²) in [6.45, 7) is 3.54. The lowest BCUT2D eigenvalue weighted by Crippen LogP contribution is -2.19. The molecular formula is C15H22N4O2. The highest BCUT2D eigenvalue weighted by atomic mass is 16.5. The van der Waals surface area contributed by atoms with E-state index in [1.807, 2.05) is 37.8 Å². The van der Waals surface area contributed by atoms with Gasteiger partial charge in [0, 0.05) is 37.7 Å². The van der Waals surface area contributed by atoms with Gasteiger partial charge >= 0.3 is 5.97 Å². The summed E-state index contributed by atoms with van der Waals surface area (Å²) in [5.74, 6) is -0.288. The molecule has 6 heteroatoms. The molecule has 21 heavy (non-hydrogen) atoms. The number of hydrogen-bond donors (Lipinski definition) is 1. The third-order valence-electron chi connectivity index (χ3n) is 3.51. The summed E-state index contributed by atoms with van der Waals surface area (Å²) in [6.07, 6.45) is 2.57. The number of H-pyrrole nitrogens is 1. The second-order valence-corrected chi connectivity index (χ2v) is 5.15. The molecule has 1 N–H and O–H groups in total. The first-order valence-corrected chi connectivity index (χ1v) is 6.99. The molecule has 0 bridgehead atoms. The van der Waals surface area contributed by atoms with E-state index in [1.165, 1.54) is 7.11 Å². The number of rotatable bonds is 6. The molecule has 0 aliphatic rings. The van der Waals surface area contributed by atoms with Gasteiger partial charge in [0.05, 0.1) is 18.4 Å². The van der Waals surface area contributed by atoms with Crippen molar-refractivity contribution < 1.29 is 9.53 Å². The SMILES string of the molecule is CCc1[nH]c(CN(C)Cc2ccnn2C)cc1C(=O)OC. The minimum atomic E-state index is -0.288. The lowest BCUT2D eigenvalue weighted by atomic mass is 10.2. The van der Waals surface area contributed by atoms with Crippen LogP contribution in [-0.2, 0) is 31.3 Å². The van der Waals surface area contributed by atoms with Crippen molar-refractivity contribution in [2.45, 2.75) is 26.4 Å². The molecular weight excluding hydrogens is 268 g/mol. The number of hydrogen-bond acceptors (Lipinski definition) is 4. The molecule has 0 atom stereocenters. The summed E-state index contributed by atoms with van der Waals surface area (Å²) in [5, 5.41) is 4.16. The van der Waals surface area contributed by atoms with Crippen molar-refractivity contribution in [2.75, 3.05) is 14.2 Å². The van der Waals surface area contributed by atoms with Crippen molar-refractivity contribution in [3.8, 4) is 0 Å². The monoisotopic (exact) mass is 290 g/mol. The van der Waals surface area contributed by atoms with Crippen LogP contribution in [0.25, 0.3) is 0 Å². The van der Waals surface area contributed by atoms with Crippen LogP contribution in [0.15, 0.2) is 18.3 Å². The van der Waals surface area contributed by atoms with Crippen molar-refractivity contribution in [2.24, 2.45) is 7.05 Å². The highest BCUT2D eigenvalue weighted by Gasteiger charge is 2.15. The van der Waals surface area contributed by atoms with E-state index in [-0.39, 0.29) is 5.97 Å². The van der Waals surface area contributed by atoms with Crippen LogP contribution in [0.2, 0.25) is 0 Å². The maximum absolute atomic E-state index is 11.7. The molecule has 0 spiro atoms. The molecule has 2 rings (SSSR count). The number of aryl methyl sites for hydroxylation is 2. The van der Waals surface area contributed by atoms with Gasteiger partial charge in [0.1, 0.15) is 0 Å². The van der Waals surface area contributed by atoms with E-state index in [0.717, 1.165) is 36.6 Å². The second-order valence-electron chi connectivity index (χ2n) is 5.15. The minimum absolute atomic E-state index is 0.288. The summed E-state index contributed by atoms with van der Waals surface area (Å²) in [5.41, 5.74) is 3.71. The Morgan fingerprint density at radius 1 is 1.48 bits per heavy atom. The average molecular weight is 290 g/mol. The molecule has 0 aliphatic heterocycles. The van der Waals surface area contributed by atoms with Gasteiger partial charge in [-0.25, -0.2) is 4.79 Å². The number of methoxy groups -OCH3 is 1. The number of ether oxygens (including phenoxy) is 1. The molecule has 0 aliphatic carbocycles. The maximum Gasteiger partial charge on any atom is 0.339 e. The number of aromatic amines is 1. The van der Waals surface area contributed by atoms with E-state index in [4.69, 9.17) is 4.74 Å². The van der Waals surface area contributed by atoms with E-state index in [9.17, 15) is 4.79 Å². The Labute approximate surface area is 124 Å². The first-order chi connectivity index (χ1) is 10.0. The topological polar surface area (TPSA) is 63.2 Å². The zero-order chi connectivity index (χ0) is 15.4. The van der Waals surface area contributed by atoms with Crippen LogP contribution >= 0.6 is 0 Å². The first kappa shape index (κ1) is 15.3. The van der Waals surface area contributed by atoms with Gasteiger partial charge in [0.25, 0.3) is 0 Å². The largest absolute Gasteiger partial charge is 0.465 e. The third kappa shape index (κ3) is 3.52. The molecule has 2 aromatic rings. The van der Waals surface area contributed by atoms with Crippen molar-refractivity contribution in [3.05, 3.63) is 41.0 Å². The fraction of sp³-hybridized carbons (Fsp3) is 0.467. The fourth-order valence-electron chi connectivity index (χ4n) is 2.39. The highest BCUT2D eigenvalue weighted by molar-refractivity contribution is 5.91. The molecule has 114 valence electrons. The molecule has 0 amide bonds. The quantitative estimate of drug-likeness (QED) is 0.823. The van der Waals surface area contributed by atoms with Gasteiger partial charge in [0.2, 0.25) is 0 Å². The summed E-state index contributed by atoms with van der Waals surface area (Å²) in [7, 11) is 5.38. The summed E-state index contributed by atoms with van der Waals surface area (Å²) < 4.78 is 6.68. The predicted octanol–water partition coefficient (Wildman–Crippen LogP) is 1.73. The number of esters is 1. The Balaban J connectivity index is 2.07. The van der Waals surface area contributed by atoms with Crippen molar-refractivity contribution in [3.63, 3.8) is 0 Å². The average Bonchev–Trinajstić information content (AvgIpc) is 3.05. The fourth-order valence-corrected chi connectivity index (χ4v) is 2.39. The molecule has 2 heterocycles. The van der Waals surface area contributed by atoms with E-state index in [2.05, 4.69) is 15.0 Å². The number of carbonyl (C=O) groups is 1.